The van der Waals surface area contributed by atoms with Crippen molar-refractivity contribution in [3.63, 3.8) is 0 Å². The first-order chi connectivity index (χ1) is 8.06. The summed E-state index contributed by atoms with van der Waals surface area (Å²) in [6, 6.07) is 2.44. The molecule has 0 heterocycles. The number of hydrogen-bond acceptors (Lipinski definition) is 0. The highest BCUT2D eigenvalue weighted by Gasteiger charge is 2.15. The third-order valence-electron chi connectivity index (χ3n) is 2.93. The molecule has 0 aliphatic carbocycles. The zero-order valence-electron chi connectivity index (χ0n) is 10.4. The van der Waals surface area contributed by atoms with Crippen molar-refractivity contribution in [2.45, 2.75) is 51.3 Å². The number of hydrogen-bond donors (Lipinski definition) is 0. The topological polar surface area (TPSA) is 0 Å². The summed E-state index contributed by atoms with van der Waals surface area (Å²) in [5.41, 5.74) is 0.864. The summed E-state index contributed by atoms with van der Waals surface area (Å²) in [5.74, 6) is -1.05. The summed E-state index contributed by atoms with van der Waals surface area (Å²) < 4.78 is 26.6. The third kappa shape index (κ3) is 4.27. The van der Waals surface area contributed by atoms with Crippen LogP contribution in [0.4, 0.5) is 8.78 Å². The molecule has 0 fully saturated rings. The lowest BCUT2D eigenvalue weighted by molar-refractivity contribution is 0.554. The van der Waals surface area contributed by atoms with Gasteiger partial charge < -0.3 is 0 Å². The van der Waals surface area contributed by atoms with E-state index >= 15 is 0 Å². The first-order valence-electron chi connectivity index (χ1n) is 6.15. The van der Waals surface area contributed by atoms with Gasteiger partial charge in [0.25, 0.3) is 0 Å². The molecule has 0 saturated carbocycles. The molecule has 0 saturated heterocycles. The molecule has 1 unspecified atom stereocenters. The summed E-state index contributed by atoms with van der Waals surface area (Å²) in [5, 5.41) is -0.355. The first-order valence-corrected chi connectivity index (χ1v) is 6.59. The van der Waals surface area contributed by atoms with Crippen LogP contribution >= 0.6 is 11.6 Å². The van der Waals surface area contributed by atoms with Crippen LogP contribution in [0.5, 0.6) is 0 Å². The Bertz CT molecular complexity index is 363. The minimum atomic E-state index is -0.538. The minimum Gasteiger partial charge on any atom is -0.207 e. The Morgan fingerprint density at radius 1 is 1.12 bits per heavy atom. The molecule has 1 rings (SSSR count). The number of alkyl halides is 1. The second-order valence-electron chi connectivity index (χ2n) is 4.44. The zero-order chi connectivity index (χ0) is 12.8. The van der Waals surface area contributed by atoms with Crippen LogP contribution in [-0.2, 0) is 0 Å². The average molecular weight is 261 g/mol. The smallest absolute Gasteiger partial charge is 0.130 e. The van der Waals surface area contributed by atoms with E-state index in [1.807, 2.05) is 0 Å². The monoisotopic (exact) mass is 260 g/mol. The lowest BCUT2D eigenvalue weighted by atomic mass is 10.0. The summed E-state index contributed by atoms with van der Waals surface area (Å²) in [6.45, 7) is 3.76. The predicted molar refractivity (Wildman–Crippen MR) is 68.4 cm³/mol. The molecule has 0 aromatic heterocycles. The zero-order valence-corrected chi connectivity index (χ0v) is 11.2. The van der Waals surface area contributed by atoms with Gasteiger partial charge in [-0.15, -0.1) is 11.6 Å². The van der Waals surface area contributed by atoms with Gasteiger partial charge >= 0.3 is 0 Å². The normalized spacial score (nSPS) is 12.8. The summed E-state index contributed by atoms with van der Waals surface area (Å²) in [6.07, 6.45) is 5.18. The molecule has 0 amide bonds. The second-order valence-corrected chi connectivity index (χ2v) is 4.97. The van der Waals surface area contributed by atoms with Gasteiger partial charge in [-0.25, -0.2) is 8.78 Å². The van der Waals surface area contributed by atoms with E-state index in [1.165, 1.54) is 12.5 Å². The van der Waals surface area contributed by atoms with E-state index in [0.717, 1.165) is 31.7 Å². The van der Waals surface area contributed by atoms with Crippen LogP contribution in [0.1, 0.15) is 55.5 Å². The van der Waals surface area contributed by atoms with E-state index in [-0.39, 0.29) is 5.38 Å². The molecule has 0 spiro atoms. The Kier molecular flexibility index (Phi) is 5.90. The molecule has 1 atom stereocenters. The van der Waals surface area contributed by atoms with E-state index in [0.29, 0.717) is 11.1 Å². The van der Waals surface area contributed by atoms with Crippen molar-refractivity contribution in [3.05, 3.63) is 34.9 Å². The van der Waals surface area contributed by atoms with Crippen molar-refractivity contribution in [2.24, 2.45) is 0 Å². The maximum absolute atomic E-state index is 13.5. The molecule has 1 aromatic carbocycles. The molecule has 3 heteroatoms. The number of unbranched alkanes of at least 4 members (excludes halogenated alkanes) is 3. The largest absolute Gasteiger partial charge is 0.207 e. The van der Waals surface area contributed by atoms with Gasteiger partial charge in [-0.05, 0) is 25.0 Å². The molecular weight excluding hydrogens is 242 g/mol. The number of rotatable bonds is 6. The Balaban J connectivity index is 2.62. The summed E-state index contributed by atoms with van der Waals surface area (Å²) >= 11 is 6.15. The van der Waals surface area contributed by atoms with Crippen LogP contribution in [0.15, 0.2) is 12.1 Å². The Hall–Kier alpha value is -0.630. The third-order valence-corrected chi connectivity index (χ3v) is 3.38. The molecule has 0 N–H and O–H groups in total. The van der Waals surface area contributed by atoms with Gasteiger partial charge in [0.15, 0.2) is 0 Å². The van der Waals surface area contributed by atoms with Crippen molar-refractivity contribution in [1.29, 1.82) is 0 Å². The molecule has 0 aliphatic heterocycles. The van der Waals surface area contributed by atoms with Crippen LogP contribution in [0.2, 0.25) is 0 Å². The molecule has 0 nitrogen and oxygen atoms in total. The SMILES string of the molecule is CCCCCCC(Cl)c1cc(C)c(F)cc1F. The maximum atomic E-state index is 13.5. The molecule has 0 bridgehead atoms. The molecule has 1 aromatic rings. The van der Waals surface area contributed by atoms with Crippen LogP contribution in [0, 0.1) is 18.6 Å². The standard InChI is InChI=1S/C14H19ClF2/c1-3-4-5-6-7-12(15)11-8-10(2)13(16)9-14(11)17/h8-9,12H,3-7H2,1-2H3. The molecule has 17 heavy (non-hydrogen) atoms. The van der Waals surface area contributed by atoms with Gasteiger partial charge in [0, 0.05) is 11.6 Å². The van der Waals surface area contributed by atoms with Crippen molar-refractivity contribution >= 4 is 11.6 Å². The molecular formula is C14H19ClF2. The van der Waals surface area contributed by atoms with Crippen LogP contribution in [0.25, 0.3) is 0 Å². The van der Waals surface area contributed by atoms with Gasteiger partial charge in [-0.2, -0.15) is 0 Å². The lowest BCUT2D eigenvalue weighted by Crippen LogP contribution is -1.98. The highest BCUT2D eigenvalue weighted by molar-refractivity contribution is 6.20. The van der Waals surface area contributed by atoms with Crippen molar-refractivity contribution < 1.29 is 8.78 Å². The van der Waals surface area contributed by atoms with E-state index in [9.17, 15) is 8.78 Å². The lowest BCUT2D eigenvalue weighted by Gasteiger charge is -2.12. The van der Waals surface area contributed by atoms with E-state index in [1.54, 1.807) is 6.92 Å². The quantitative estimate of drug-likeness (QED) is 0.466. The number of aryl methyl sites for hydroxylation is 1. The fourth-order valence-electron chi connectivity index (χ4n) is 1.83. The van der Waals surface area contributed by atoms with Crippen LogP contribution in [-0.4, -0.2) is 0 Å². The minimum absolute atomic E-state index is 0.355. The highest BCUT2D eigenvalue weighted by Crippen LogP contribution is 2.30. The van der Waals surface area contributed by atoms with Gasteiger partial charge in [0.1, 0.15) is 11.6 Å². The Morgan fingerprint density at radius 3 is 2.47 bits per heavy atom. The van der Waals surface area contributed by atoms with Gasteiger partial charge in [0.2, 0.25) is 0 Å². The maximum Gasteiger partial charge on any atom is 0.130 e. The predicted octanol–water partition coefficient (Wildman–Crippen LogP) is 5.52. The summed E-state index contributed by atoms with van der Waals surface area (Å²) in [7, 11) is 0. The molecule has 96 valence electrons. The van der Waals surface area contributed by atoms with Crippen molar-refractivity contribution in [3.8, 4) is 0 Å². The van der Waals surface area contributed by atoms with E-state index in [2.05, 4.69) is 6.92 Å². The highest BCUT2D eigenvalue weighted by atomic mass is 35.5. The van der Waals surface area contributed by atoms with Crippen molar-refractivity contribution in [2.75, 3.05) is 0 Å². The van der Waals surface area contributed by atoms with Crippen molar-refractivity contribution in [1.82, 2.24) is 0 Å². The molecule has 0 aliphatic rings. The van der Waals surface area contributed by atoms with Crippen LogP contribution < -0.4 is 0 Å². The molecule has 0 radical (unpaired) electrons. The average Bonchev–Trinajstić information content (AvgIpc) is 2.29. The van der Waals surface area contributed by atoms with Gasteiger partial charge in [-0.1, -0.05) is 32.6 Å². The fourth-order valence-corrected chi connectivity index (χ4v) is 2.15. The number of halogens is 3. The Morgan fingerprint density at radius 2 is 1.82 bits per heavy atom. The van der Waals surface area contributed by atoms with E-state index in [4.69, 9.17) is 11.6 Å². The van der Waals surface area contributed by atoms with Gasteiger partial charge in [-0.3, -0.25) is 0 Å². The first kappa shape index (κ1) is 14.4. The second kappa shape index (κ2) is 6.95. The van der Waals surface area contributed by atoms with Gasteiger partial charge in [0.05, 0.1) is 5.38 Å². The van der Waals surface area contributed by atoms with Crippen LogP contribution in [0.3, 0.4) is 0 Å². The fraction of sp³-hybridized carbons (Fsp3) is 0.571. The Labute approximate surface area is 107 Å². The summed E-state index contributed by atoms with van der Waals surface area (Å²) in [4.78, 5) is 0. The van der Waals surface area contributed by atoms with E-state index < -0.39 is 11.6 Å². The number of benzene rings is 1.